The van der Waals surface area contributed by atoms with Gasteiger partial charge in [0.2, 0.25) is 5.91 Å². The first-order valence-corrected chi connectivity index (χ1v) is 9.02. The maximum absolute atomic E-state index is 12.5. The van der Waals surface area contributed by atoms with Gasteiger partial charge in [-0.15, -0.1) is 0 Å². The first-order chi connectivity index (χ1) is 12.7. The van der Waals surface area contributed by atoms with Gasteiger partial charge in [-0.1, -0.05) is 66.7 Å². The summed E-state index contributed by atoms with van der Waals surface area (Å²) in [7, 11) is 0. The molecule has 3 heteroatoms. The monoisotopic (exact) mass is 344 g/mol. The van der Waals surface area contributed by atoms with Crippen molar-refractivity contribution in [2.45, 2.75) is 31.7 Å². The van der Waals surface area contributed by atoms with Crippen LogP contribution in [0.3, 0.4) is 0 Å². The lowest BCUT2D eigenvalue weighted by atomic mass is 9.85. The molecule has 1 amide bonds. The van der Waals surface area contributed by atoms with Gasteiger partial charge in [0.25, 0.3) is 0 Å². The predicted molar refractivity (Wildman–Crippen MR) is 105 cm³/mol. The number of pyridine rings is 1. The molecule has 0 aliphatic carbocycles. The molecule has 0 aliphatic rings. The number of carbonyl (C=O) groups excluding carboxylic acids is 1. The summed E-state index contributed by atoms with van der Waals surface area (Å²) < 4.78 is 0. The highest BCUT2D eigenvalue weighted by atomic mass is 16.1. The molecule has 3 nitrogen and oxygen atoms in total. The van der Waals surface area contributed by atoms with Crippen molar-refractivity contribution >= 4 is 5.91 Å². The number of hydrogen-bond donors (Lipinski definition) is 1. The van der Waals surface area contributed by atoms with Crippen molar-refractivity contribution < 1.29 is 4.79 Å². The van der Waals surface area contributed by atoms with Crippen LogP contribution in [-0.2, 0) is 11.2 Å². The zero-order chi connectivity index (χ0) is 18.2. The van der Waals surface area contributed by atoms with Gasteiger partial charge in [0.05, 0.1) is 0 Å². The van der Waals surface area contributed by atoms with Crippen LogP contribution in [0, 0.1) is 0 Å². The molecule has 2 aromatic carbocycles. The van der Waals surface area contributed by atoms with Gasteiger partial charge in [0, 0.05) is 30.8 Å². The van der Waals surface area contributed by atoms with Crippen LogP contribution in [0.15, 0.2) is 85.2 Å². The summed E-state index contributed by atoms with van der Waals surface area (Å²) in [5.41, 5.74) is 3.50. The average Bonchev–Trinajstić information content (AvgIpc) is 2.69. The molecule has 0 radical (unpaired) electrons. The number of nitrogens with zero attached hydrogens (tertiary/aromatic N) is 1. The molecule has 0 aliphatic heterocycles. The summed E-state index contributed by atoms with van der Waals surface area (Å²) >= 11 is 0. The van der Waals surface area contributed by atoms with Crippen molar-refractivity contribution in [2.75, 3.05) is 0 Å². The Bertz CT molecular complexity index is 764. The second-order valence-corrected chi connectivity index (χ2v) is 6.52. The molecular formula is C23H24N2O. The van der Waals surface area contributed by atoms with Crippen molar-refractivity contribution in [1.82, 2.24) is 10.3 Å². The van der Waals surface area contributed by atoms with E-state index in [1.807, 2.05) is 54.7 Å². The van der Waals surface area contributed by atoms with Gasteiger partial charge in [-0.2, -0.15) is 0 Å². The summed E-state index contributed by atoms with van der Waals surface area (Å²) in [5.74, 6) is 0.193. The lowest BCUT2D eigenvalue weighted by Crippen LogP contribution is -2.37. The number of aromatic nitrogens is 1. The maximum atomic E-state index is 12.5. The van der Waals surface area contributed by atoms with Gasteiger partial charge >= 0.3 is 0 Å². The van der Waals surface area contributed by atoms with Crippen LogP contribution in [0.2, 0.25) is 0 Å². The van der Waals surface area contributed by atoms with Crippen molar-refractivity contribution in [3.8, 4) is 0 Å². The van der Waals surface area contributed by atoms with Crippen molar-refractivity contribution in [3.63, 3.8) is 0 Å². The molecule has 1 unspecified atom stereocenters. The Morgan fingerprint density at radius 3 is 2.08 bits per heavy atom. The highest BCUT2D eigenvalue weighted by molar-refractivity contribution is 5.76. The van der Waals surface area contributed by atoms with E-state index >= 15 is 0 Å². The predicted octanol–water partition coefficient (Wildman–Crippen LogP) is 4.35. The molecule has 26 heavy (non-hydrogen) atoms. The largest absolute Gasteiger partial charge is 0.353 e. The summed E-state index contributed by atoms with van der Waals surface area (Å²) in [6.07, 6.45) is 4.73. The van der Waals surface area contributed by atoms with Crippen molar-refractivity contribution in [2.24, 2.45) is 0 Å². The Hall–Kier alpha value is -2.94. The van der Waals surface area contributed by atoms with E-state index < -0.39 is 0 Å². The summed E-state index contributed by atoms with van der Waals surface area (Å²) in [6.45, 7) is 2.08. The molecule has 0 bridgehead atoms. The van der Waals surface area contributed by atoms with E-state index in [0.717, 1.165) is 5.56 Å². The first kappa shape index (κ1) is 17.9. The molecule has 0 saturated carbocycles. The number of hydrogen-bond acceptors (Lipinski definition) is 2. The Kier molecular flexibility index (Phi) is 6.15. The van der Waals surface area contributed by atoms with Gasteiger partial charge in [0.15, 0.2) is 0 Å². The van der Waals surface area contributed by atoms with Crippen LogP contribution in [0.5, 0.6) is 0 Å². The van der Waals surface area contributed by atoms with E-state index in [-0.39, 0.29) is 17.9 Å². The SMILES string of the molecule is CC(NC(=O)CCc1cccnc1)C(c1ccccc1)c1ccccc1. The Morgan fingerprint density at radius 2 is 1.54 bits per heavy atom. The minimum absolute atomic E-state index is 0.00111. The molecule has 132 valence electrons. The molecule has 0 spiro atoms. The van der Waals surface area contributed by atoms with E-state index in [4.69, 9.17) is 0 Å². The molecule has 3 rings (SSSR count). The third-order valence-electron chi connectivity index (χ3n) is 4.57. The maximum Gasteiger partial charge on any atom is 0.220 e. The highest BCUT2D eigenvalue weighted by Gasteiger charge is 2.22. The van der Waals surface area contributed by atoms with Gasteiger partial charge in [-0.3, -0.25) is 9.78 Å². The smallest absolute Gasteiger partial charge is 0.220 e. The van der Waals surface area contributed by atoms with Crippen LogP contribution in [0.25, 0.3) is 0 Å². The highest BCUT2D eigenvalue weighted by Crippen LogP contribution is 2.28. The fourth-order valence-corrected chi connectivity index (χ4v) is 3.30. The number of nitrogens with one attached hydrogen (secondary N) is 1. The second kappa shape index (κ2) is 8.95. The van der Waals surface area contributed by atoms with Crippen LogP contribution >= 0.6 is 0 Å². The Labute approximate surface area is 155 Å². The van der Waals surface area contributed by atoms with E-state index in [1.54, 1.807) is 6.20 Å². The first-order valence-electron chi connectivity index (χ1n) is 9.02. The quantitative estimate of drug-likeness (QED) is 0.692. The fraction of sp³-hybridized carbons (Fsp3) is 0.217. The number of carbonyl (C=O) groups is 1. The summed E-state index contributed by atoms with van der Waals surface area (Å²) in [4.78, 5) is 16.6. The van der Waals surface area contributed by atoms with Crippen molar-refractivity contribution in [1.29, 1.82) is 0 Å². The second-order valence-electron chi connectivity index (χ2n) is 6.52. The molecule has 1 aromatic heterocycles. The molecule has 0 saturated heterocycles. The van der Waals surface area contributed by atoms with Gasteiger partial charge in [0.1, 0.15) is 0 Å². The van der Waals surface area contributed by atoms with E-state index in [9.17, 15) is 4.79 Å². The zero-order valence-electron chi connectivity index (χ0n) is 15.0. The number of aryl methyl sites for hydroxylation is 1. The van der Waals surface area contributed by atoms with E-state index in [0.29, 0.717) is 12.8 Å². The zero-order valence-corrected chi connectivity index (χ0v) is 15.0. The Balaban J connectivity index is 1.69. The van der Waals surface area contributed by atoms with E-state index in [1.165, 1.54) is 11.1 Å². The van der Waals surface area contributed by atoms with Crippen LogP contribution in [-0.4, -0.2) is 16.9 Å². The molecule has 1 atom stereocenters. The third kappa shape index (κ3) is 4.79. The number of rotatable bonds is 7. The lowest BCUT2D eigenvalue weighted by Gasteiger charge is -2.26. The molecule has 1 heterocycles. The normalized spacial score (nSPS) is 11.9. The van der Waals surface area contributed by atoms with Crippen LogP contribution in [0.4, 0.5) is 0 Å². The summed E-state index contributed by atoms with van der Waals surface area (Å²) in [5, 5.41) is 3.19. The van der Waals surface area contributed by atoms with Crippen LogP contribution < -0.4 is 5.32 Å². The third-order valence-corrected chi connectivity index (χ3v) is 4.57. The van der Waals surface area contributed by atoms with Gasteiger partial charge < -0.3 is 5.32 Å². The van der Waals surface area contributed by atoms with Gasteiger partial charge in [-0.25, -0.2) is 0 Å². The fourth-order valence-electron chi connectivity index (χ4n) is 3.30. The van der Waals surface area contributed by atoms with Crippen molar-refractivity contribution in [3.05, 3.63) is 102 Å². The van der Waals surface area contributed by atoms with Crippen LogP contribution in [0.1, 0.15) is 36.0 Å². The molecule has 1 N–H and O–H groups in total. The topological polar surface area (TPSA) is 42.0 Å². The Morgan fingerprint density at radius 1 is 0.923 bits per heavy atom. The minimum atomic E-state index is 0.00111. The average molecular weight is 344 g/mol. The van der Waals surface area contributed by atoms with E-state index in [2.05, 4.69) is 41.5 Å². The summed E-state index contributed by atoms with van der Waals surface area (Å²) in [6, 6.07) is 24.6. The lowest BCUT2D eigenvalue weighted by molar-refractivity contribution is -0.121. The minimum Gasteiger partial charge on any atom is -0.353 e. The standard InChI is InChI=1S/C23H24N2O/c1-18(25-22(26)15-14-19-9-8-16-24-17-19)23(20-10-4-2-5-11-20)21-12-6-3-7-13-21/h2-13,16-18,23H,14-15H2,1H3,(H,25,26). The van der Waals surface area contributed by atoms with Gasteiger partial charge in [-0.05, 0) is 36.1 Å². The number of benzene rings is 2. The number of amides is 1. The molecule has 3 aromatic rings. The molecule has 0 fully saturated rings. The molecular weight excluding hydrogens is 320 g/mol.